The number of rotatable bonds is 4. The Morgan fingerprint density at radius 2 is 1.81 bits per heavy atom. The number of hydrogen-bond donors (Lipinski definition) is 3. The van der Waals surface area contributed by atoms with Gasteiger partial charge in [-0.3, -0.25) is 9.59 Å². The van der Waals surface area contributed by atoms with Crippen molar-refractivity contribution in [3.63, 3.8) is 0 Å². The molecule has 0 aromatic rings. The van der Waals surface area contributed by atoms with E-state index in [2.05, 4.69) is 10.6 Å². The molecule has 0 aromatic heterocycles. The van der Waals surface area contributed by atoms with Crippen LogP contribution in [-0.2, 0) is 9.59 Å². The summed E-state index contributed by atoms with van der Waals surface area (Å²) >= 11 is 0. The summed E-state index contributed by atoms with van der Waals surface area (Å²) in [5.74, 6) is -1.44. The number of amides is 3. The van der Waals surface area contributed by atoms with Crippen LogP contribution < -0.4 is 10.6 Å². The highest BCUT2D eigenvalue weighted by molar-refractivity contribution is 5.87. The molecule has 1 saturated heterocycles. The van der Waals surface area contributed by atoms with Gasteiger partial charge in [-0.2, -0.15) is 0 Å². The number of aliphatic carboxylic acids is 1. The third kappa shape index (κ3) is 4.91. The number of carboxylic acid groups (broad SMARTS) is 1. The molecule has 0 spiro atoms. The summed E-state index contributed by atoms with van der Waals surface area (Å²) < 4.78 is 0. The first kappa shape index (κ1) is 17.3. The van der Waals surface area contributed by atoms with E-state index in [1.807, 2.05) is 20.8 Å². The van der Waals surface area contributed by atoms with Crippen LogP contribution in [0.3, 0.4) is 0 Å². The molecular weight excluding hydrogens is 274 g/mol. The average molecular weight is 299 g/mol. The van der Waals surface area contributed by atoms with E-state index in [1.54, 1.807) is 11.8 Å². The average Bonchev–Trinajstić information content (AvgIpc) is 2.37. The largest absolute Gasteiger partial charge is 0.481 e. The summed E-state index contributed by atoms with van der Waals surface area (Å²) in [6, 6.07) is -1.08. The predicted octanol–water partition coefficient (Wildman–Crippen LogP) is 0.794. The van der Waals surface area contributed by atoms with Crippen LogP contribution >= 0.6 is 0 Å². The molecule has 1 rings (SSSR count). The molecule has 0 bridgehead atoms. The van der Waals surface area contributed by atoms with E-state index in [1.165, 1.54) is 0 Å². The van der Waals surface area contributed by atoms with Crippen molar-refractivity contribution in [2.24, 2.45) is 5.92 Å². The van der Waals surface area contributed by atoms with Gasteiger partial charge >= 0.3 is 12.0 Å². The number of hydrogen-bond acceptors (Lipinski definition) is 3. The van der Waals surface area contributed by atoms with Crippen LogP contribution in [0.15, 0.2) is 0 Å². The first-order valence-corrected chi connectivity index (χ1v) is 7.32. The van der Waals surface area contributed by atoms with Crippen molar-refractivity contribution in [1.29, 1.82) is 0 Å². The fraction of sp³-hybridized carbons (Fsp3) is 0.786. The van der Waals surface area contributed by atoms with E-state index in [4.69, 9.17) is 5.11 Å². The second kappa shape index (κ2) is 7.28. The molecule has 120 valence electrons. The molecule has 0 saturated carbocycles. The number of nitrogens with zero attached hydrogens (tertiary/aromatic N) is 1. The minimum absolute atomic E-state index is 0.0158. The van der Waals surface area contributed by atoms with Gasteiger partial charge in [-0.15, -0.1) is 0 Å². The molecule has 7 heteroatoms. The van der Waals surface area contributed by atoms with E-state index < -0.39 is 17.9 Å². The van der Waals surface area contributed by atoms with Crippen LogP contribution in [0.25, 0.3) is 0 Å². The summed E-state index contributed by atoms with van der Waals surface area (Å²) in [7, 11) is 0. The molecule has 1 heterocycles. The number of carboxylic acids is 1. The van der Waals surface area contributed by atoms with Crippen molar-refractivity contribution in [2.75, 3.05) is 6.54 Å². The van der Waals surface area contributed by atoms with Crippen molar-refractivity contribution >= 4 is 17.9 Å². The number of nitrogens with one attached hydrogen (secondary N) is 2. The van der Waals surface area contributed by atoms with Crippen LogP contribution in [0.1, 0.15) is 40.5 Å². The second-order valence-electron chi connectivity index (χ2n) is 5.94. The smallest absolute Gasteiger partial charge is 0.318 e. The number of urea groups is 1. The standard InChI is InChI=1S/C14H25N3O4/c1-8(2)15-12(18)10(4)16-14(21)17-6-5-11(13(19)20)7-9(17)3/h8-11H,5-7H2,1-4H3,(H,15,18)(H,16,21)(H,19,20). The predicted molar refractivity (Wildman–Crippen MR) is 77.8 cm³/mol. The van der Waals surface area contributed by atoms with Crippen LogP contribution in [0.2, 0.25) is 0 Å². The zero-order valence-electron chi connectivity index (χ0n) is 13.0. The quantitative estimate of drug-likeness (QED) is 0.715. The maximum Gasteiger partial charge on any atom is 0.318 e. The summed E-state index contributed by atoms with van der Waals surface area (Å²) in [5, 5.41) is 14.4. The van der Waals surface area contributed by atoms with Crippen LogP contribution in [0.5, 0.6) is 0 Å². The number of piperidine rings is 1. The Hall–Kier alpha value is -1.79. The Balaban J connectivity index is 2.52. The van der Waals surface area contributed by atoms with Crippen molar-refractivity contribution in [2.45, 2.75) is 58.7 Å². The fourth-order valence-corrected chi connectivity index (χ4v) is 2.44. The molecule has 21 heavy (non-hydrogen) atoms. The molecule has 0 radical (unpaired) electrons. The zero-order chi connectivity index (χ0) is 16.2. The molecule has 0 aromatic carbocycles. The SMILES string of the molecule is CC(C)NC(=O)C(C)NC(=O)N1CCC(C(=O)O)CC1C. The van der Waals surface area contributed by atoms with Crippen LogP contribution in [0.4, 0.5) is 4.79 Å². The lowest BCUT2D eigenvalue weighted by Crippen LogP contribution is -2.55. The molecule has 3 unspecified atom stereocenters. The van der Waals surface area contributed by atoms with Gasteiger partial charge in [-0.05, 0) is 40.5 Å². The molecule has 1 aliphatic heterocycles. The third-order valence-electron chi connectivity index (χ3n) is 3.65. The summed E-state index contributed by atoms with van der Waals surface area (Å²) in [5.41, 5.74) is 0. The van der Waals surface area contributed by atoms with Gasteiger partial charge in [0.25, 0.3) is 0 Å². The number of carbonyl (C=O) groups is 3. The van der Waals surface area contributed by atoms with E-state index in [0.29, 0.717) is 19.4 Å². The molecule has 3 N–H and O–H groups in total. The van der Waals surface area contributed by atoms with Crippen LogP contribution in [0, 0.1) is 5.92 Å². The Kier molecular flexibility index (Phi) is 5.99. The molecule has 3 atom stereocenters. The lowest BCUT2D eigenvalue weighted by molar-refractivity contribution is -0.143. The van der Waals surface area contributed by atoms with Gasteiger partial charge in [0.05, 0.1) is 5.92 Å². The van der Waals surface area contributed by atoms with Gasteiger partial charge in [0, 0.05) is 18.6 Å². The lowest BCUT2D eigenvalue weighted by atomic mass is 9.92. The van der Waals surface area contributed by atoms with Crippen molar-refractivity contribution in [3.8, 4) is 0 Å². The minimum atomic E-state index is -0.813. The monoisotopic (exact) mass is 299 g/mol. The third-order valence-corrected chi connectivity index (χ3v) is 3.65. The topological polar surface area (TPSA) is 98.7 Å². The molecule has 0 aliphatic carbocycles. The molecule has 1 aliphatic rings. The first-order valence-electron chi connectivity index (χ1n) is 7.32. The minimum Gasteiger partial charge on any atom is -0.481 e. The summed E-state index contributed by atoms with van der Waals surface area (Å²) in [6.07, 6.45) is 0.884. The highest BCUT2D eigenvalue weighted by atomic mass is 16.4. The van der Waals surface area contributed by atoms with Gasteiger partial charge in [-0.25, -0.2) is 4.79 Å². The Labute approximate surface area is 125 Å². The maximum atomic E-state index is 12.2. The van der Waals surface area contributed by atoms with E-state index in [0.717, 1.165) is 0 Å². The maximum absolute atomic E-state index is 12.2. The van der Waals surface area contributed by atoms with Crippen molar-refractivity contribution in [1.82, 2.24) is 15.5 Å². The van der Waals surface area contributed by atoms with Crippen LogP contribution in [-0.4, -0.2) is 52.6 Å². The van der Waals surface area contributed by atoms with E-state index >= 15 is 0 Å². The molecular formula is C14H25N3O4. The summed E-state index contributed by atoms with van der Waals surface area (Å²) in [4.78, 5) is 36.5. The molecule has 7 nitrogen and oxygen atoms in total. The van der Waals surface area contributed by atoms with Crippen molar-refractivity contribution < 1.29 is 19.5 Å². The number of likely N-dealkylation sites (tertiary alicyclic amines) is 1. The molecule has 1 fully saturated rings. The van der Waals surface area contributed by atoms with Crippen molar-refractivity contribution in [3.05, 3.63) is 0 Å². The normalized spacial score (nSPS) is 23.6. The lowest BCUT2D eigenvalue weighted by Gasteiger charge is -2.36. The Bertz CT molecular complexity index is 411. The Morgan fingerprint density at radius 3 is 2.29 bits per heavy atom. The second-order valence-corrected chi connectivity index (χ2v) is 5.94. The zero-order valence-corrected chi connectivity index (χ0v) is 13.0. The molecule has 3 amide bonds. The highest BCUT2D eigenvalue weighted by Crippen LogP contribution is 2.22. The van der Waals surface area contributed by atoms with E-state index in [-0.39, 0.29) is 24.0 Å². The van der Waals surface area contributed by atoms with Gasteiger partial charge < -0.3 is 20.6 Å². The first-order chi connectivity index (χ1) is 9.72. The fourth-order valence-electron chi connectivity index (χ4n) is 2.44. The Morgan fingerprint density at radius 1 is 1.19 bits per heavy atom. The van der Waals surface area contributed by atoms with Gasteiger partial charge in [0.15, 0.2) is 0 Å². The summed E-state index contributed by atoms with van der Waals surface area (Å²) in [6.45, 7) is 7.55. The number of carbonyl (C=O) groups excluding carboxylic acids is 2. The van der Waals surface area contributed by atoms with Gasteiger partial charge in [0.2, 0.25) is 5.91 Å². The highest BCUT2D eigenvalue weighted by Gasteiger charge is 2.33. The van der Waals surface area contributed by atoms with Gasteiger partial charge in [-0.1, -0.05) is 0 Å². The van der Waals surface area contributed by atoms with Gasteiger partial charge in [0.1, 0.15) is 6.04 Å². The van der Waals surface area contributed by atoms with E-state index in [9.17, 15) is 14.4 Å².